The second-order valence-corrected chi connectivity index (χ2v) is 8.24. The second kappa shape index (κ2) is 8.88. The third-order valence-corrected chi connectivity index (χ3v) is 5.68. The van der Waals surface area contributed by atoms with Crippen LogP contribution in [0, 0.1) is 10.1 Å². The lowest BCUT2D eigenvalue weighted by Crippen LogP contribution is -2.45. The molecule has 1 aliphatic rings. The Kier molecular flexibility index (Phi) is 6.43. The van der Waals surface area contributed by atoms with Gasteiger partial charge in [-0.25, -0.2) is 4.79 Å². The highest BCUT2D eigenvalue weighted by Gasteiger charge is 2.41. The number of carbonyl (C=O) groups excluding carboxylic acids is 1. The number of hydrogen-bond acceptors (Lipinski definition) is 8. The van der Waals surface area contributed by atoms with E-state index in [0.29, 0.717) is 0 Å². The average Bonchev–Trinajstić information content (AvgIpc) is 3.24. The summed E-state index contributed by atoms with van der Waals surface area (Å²) >= 11 is 11.7. The molecule has 0 spiro atoms. The van der Waals surface area contributed by atoms with Crippen molar-refractivity contribution < 1.29 is 33.9 Å². The summed E-state index contributed by atoms with van der Waals surface area (Å²) in [6.07, 6.45) is 0.477. The average molecular weight is 483 g/mol. The van der Waals surface area contributed by atoms with Crippen molar-refractivity contribution in [1.29, 1.82) is 0 Å². The first-order valence-corrected chi connectivity index (χ1v) is 9.94. The molecule has 1 aromatic carbocycles. The minimum atomic E-state index is -1.65. The molecule has 2 aromatic rings. The van der Waals surface area contributed by atoms with Crippen LogP contribution >= 0.6 is 35.6 Å². The molecule has 2 heterocycles. The Balaban J connectivity index is 1.91. The number of carbonyl (C=O) groups is 3. The maximum absolute atomic E-state index is 12.7. The quantitative estimate of drug-likeness (QED) is 0.259. The van der Waals surface area contributed by atoms with Crippen LogP contribution in [0.4, 0.5) is 5.69 Å². The van der Waals surface area contributed by atoms with Gasteiger partial charge < -0.3 is 14.6 Å². The summed E-state index contributed by atoms with van der Waals surface area (Å²) in [6.45, 7) is 0. The van der Waals surface area contributed by atoms with E-state index in [0.717, 1.165) is 16.7 Å². The fourth-order valence-electron chi connectivity index (χ4n) is 2.77. The van der Waals surface area contributed by atoms with E-state index in [1.807, 2.05) is 0 Å². The Morgan fingerprint density at radius 3 is 2.65 bits per heavy atom. The van der Waals surface area contributed by atoms with Gasteiger partial charge in [0.25, 0.3) is 11.6 Å². The minimum absolute atomic E-state index is 0.0214. The maximum Gasteiger partial charge on any atom is 0.327 e. The number of hydrogen-bond donors (Lipinski definition) is 2. The maximum atomic E-state index is 12.7. The summed E-state index contributed by atoms with van der Waals surface area (Å²) in [4.78, 5) is 46.5. The van der Waals surface area contributed by atoms with Crippen molar-refractivity contribution in [2.45, 2.75) is 12.5 Å². The topological polar surface area (TPSA) is 151 Å². The summed E-state index contributed by atoms with van der Waals surface area (Å²) in [6, 6.07) is 5.34. The predicted octanol–water partition coefficient (Wildman–Crippen LogP) is 3.64. The van der Waals surface area contributed by atoms with E-state index in [4.69, 9.17) is 33.3 Å². The van der Waals surface area contributed by atoms with Crippen LogP contribution in [-0.2, 0) is 14.4 Å². The van der Waals surface area contributed by atoms with Crippen molar-refractivity contribution in [1.82, 2.24) is 4.90 Å². The summed E-state index contributed by atoms with van der Waals surface area (Å²) < 4.78 is 5.49. The van der Waals surface area contributed by atoms with Gasteiger partial charge >= 0.3 is 11.9 Å². The zero-order valence-corrected chi connectivity index (χ0v) is 17.6. The number of rotatable bonds is 7. The van der Waals surface area contributed by atoms with Crippen molar-refractivity contribution in [3.8, 4) is 11.3 Å². The lowest BCUT2D eigenvalue weighted by Gasteiger charge is -2.21. The molecule has 1 saturated heterocycles. The smallest absolute Gasteiger partial charge is 0.327 e. The van der Waals surface area contributed by atoms with E-state index >= 15 is 0 Å². The van der Waals surface area contributed by atoms with Gasteiger partial charge in [0.05, 0.1) is 21.8 Å². The van der Waals surface area contributed by atoms with Gasteiger partial charge in [-0.1, -0.05) is 35.6 Å². The van der Waals surface area contributed by atoms with Gasteiger partial charge in [-0.2, -0.15) is 0 Å². The number of carboxylic acid groups (broad SMARTS) is 2. The number of thioether (sulfide) groups is 1. The van der Waals surface area contributed by atoms with Crippen LogP contribution in [-0.4, -0.2) is 48.2 Å². The first-order valence-electron chi connectivity index (χ1n) is 8.34. The molecule has 1 aliphatic heterocycles. The number of furan rings is 1. The highest BCUT2D eigenvalue weighted by molar-refractivity contribution is 8.26. The number of halogens is 1. The molecule has 31 heavy (non-hydrogen) atoms. The van der Waals surface area contributed by atoms with Gasteiger partial charge in [-0.15, -0.1) is 0 Å². The largest absolute Gasteiger partial charge is 0.481 e. The summed E-state index contributed by atoms with van der Waals surface area (Å²) in [5.41, 5.74) is -0.0910. The second-order valence-electron chi connectivity index (χ2n) is 6.12. The summed E-state index contributed by atoms with van der Waals surface area (Å²) in [5.74, 6) is -3.37. The number of nitro groups is 1. The van der Waals surface area contributed by atoms with Crippen LogP contribution < -0.4 is 0 Å². The molecule has 0 saturated carbocycles. The van der Waals surface area contributed by atoms with Gasteiger partial charge in [0.2, 0.25) is 0 Å². The number of benzene rings is 1. The Bertz CT molecular complexity index is 1160. The highest BCUT2D eigenvalue weighted by Crippen LogP contribution is 2.37. The molecule has 2 N–H and O–H groups in total. The van der Waals surface area contributed by atoms with Crippen molar-refractivity contribution in [3.05, 3.63) is 56.1 Å². The van der Waals surface area contributed by atoms with Gasteiger partial charge in [-0.3, -0.25) is 24.6 Å². The predicted molar refractivity (Wildman–Crippen MR) is 114 cm³/mol. The molecular weight excluding hydrogens is 472 g/mol. The van der Waals surface area contributed by atoms with Crippen molar-refractivity contribution in [2.24, 2.45) is 0 Å². The summed E-state index contributed by atoms with van der Waals surface area (Å²) in [7, 11) is 0. The van der Waals surface area contributed by atoms with E-state index < -0.39 is 35.2 Å². The summed E-state index contributed by atoms with van der Waals surface area (Å²) in [5, 5.41) is 29.7. The van der Waals surface area contributed by atoms with Crippen molar-refractivity contribution in [3.63, 3.8) is 0 Å². The molecule has 3 rings (SSSR count). The molecule has 1 aromatic heterocycles. The Labute approximate surface area is 188 Å². The molecule has 10 nitrogen and oxygen atoms in total. The monoisotopic (exact) mass is 482 g/mol. The highest BCUT2D eigenvalue weighted by atomic mass is 35.5. The molecule has 0 bridgehead atoms. The van der Waals surface area contributed by atoms with Gasteiger partial charge in [0.1, 0.15) is 21.9 Å². The van der Waals surface area contributed by atoms with Gasteiger partial charge in [0.15, 0.2) is 0 Å². The molecule has 0 radical (unpaired) electrons. The van der Waals surface area contributed by atoms with Crippen LogP contribution in [0.1, 0.15) is 12.2 Å². The SMILES string of the molecule is O=C(O)CC(C(=O)O)N1C(=O)/C(=C\c2ccc(-c3ccc(Cl)cc3[N+](=O)[O-])o2)SC1=S. The lowest BCUT2D eigenvalue weighted by molar-refractivity contribution is -0.384. The number of nitrogens with zero attached hydrogens (tertiary/aromatic N) is 2. The first-order chi connectivity index (χ1) is 14.6. The first kappa shape index (κ1) is 22.5. The fourth-order valence-corrected chi connectivity index (χ4v) is 4.27. The third kappa shape index (κ3) is 4.76. The van der Waals surface area contributed by atoms with Gasteiger partial charge in [-0.05, 0) is 24.3 Å². The van der Waals surface area contributed by atoms with E-state index in [1.165, 1.54) is 36.4 Å². The van der Waals surface area contributed by atoms with E-state index in [-0.39, 0.29) is 37.0 Å². The third-order valence-electron chi connectivity index (χ3n) is 4.11. The molecule has 1 unspecified atom stereocenters. The standard InChI is InChI=1S/C18H11ClN2O8S2/c19-8-1-3-10(11(5-8)21(27)28)13-4-2-9(29-13)6-14-16(24)20(18(30)31-14)12(17(25)26)7-15(22)23/h1-6,12H,7H2,(H,22,23)(H,25,26)/b14-6+. The van der Waals surface area contributed by atoms with E-state index in [9.17, 15) is 29.6 Å². The lowest BCUT2D eigenvalue weighted by atomic mass is 10.1. The van der Waals surface area contributed by atoms with Crippen molar-refractivity contribution >= 4 is 69.5 Å². The Morgan fingerprint density at radius 1 is 1.32 bits per heavy atom. The van der Waals surface area contributed by atoms with Crippen LogP contribution in [0.3, 0.4) is 0 Å². The Hall–Kier alpha value is -3.22. The minimum Gasteiger partial charge on any atom is -0.481 e. The van der Waals surface area contributed by atoms with Crippen LogP contribution in [0.15, 0.2) is 39.7 Å². The van der Waals surface area contributed by atoms with E-state index in [1.54, 1.807) is 0 Å². The molecule has 13 heteroatoms. The number of nitro benzene ring substituents is 1. The van der Waals surface area contributed by atoms with Gasteiger partial charge in [0, 0.05) is 17.2 Å². The molecular formula is C18H11ClN2O8S2. The molecule has 1 amide bonds. The molecule has 1 atom stereocenters. The molecule has 160 valence electrons. The zero-order chi connectivity index (χ0) is 22.9. The van der Waals surface area contributed by atoms with E-state index in [2.05, 4.69) is 0 Å². The number of carboxylic acids is 2. The van der Waals surface area contributed by atoms with Crippen molar-refractivity contribution in [2.75, 3.05) is 0 Å². The molecule has 1 fully saturated rings. The fraction of sp³-hybridized carbons (Fsp3) is 0.111. The van der Waals surface area contributed by atoms with Crippen LogP contribution in [0.25, 0.3) is 17.4 Å². The Morgan fingerprint density at radius 2 is 2.03 bits per heavy atom. The zero-order valence-electron chi connectivity index (χ0n) is 15.2. The number of aliphatic carboxylic acids is 2. The molecule has 0 aliphatic carbocycles. The normalized spacial score (nSPS) is 16.0. The number of amides is 1. The van der Waals surface area contributed by atoms with Crippen LogP contribution in [0.5, 0.6) is 0 Å². The van der Waals surface area contributed by atoms with Crippen LogP contribution in [0.2, 0.25) is 5.02 Å². The number of thiocarbonyl (C=S) groups is 1.